The molecule has 1 unspecified atom stereocenters. The maximum atomic E-state index is 13.7. The summed E-state index contributed by atoms with van der Waals surface area (Å²) in [5.74, 6) is -0.466. The zero-order valence-corrected chi connectivity index (χ0v) is 19.6. The Labute approximate surface area is 190 Å². The smallest absolute Gasteiger partial charge is 0.264 e. The Hall–Kier alpha value is -2.92. The lowest BCUT2D eigenvalue weighted by atomic mass is 9.76. The van der Waals surface area contributed by atoms with Crippen molar-refractivity contribution in [2.45, 2.75) is 55.8 Å². The van der Waals surface area contributed by atoms with Crippen LogP contribution in [0.1, 0.15) is 49.4 Å². The van der Waals surface area contributed by atoms with Gasteiger partial charge in [-0.25, -0.2) is 13.1 Å². The second-order valence-corrected chi connectivity index (χ2v) is 11.3. The molecule has 0 aromatic heterocycles. The summed E-state index contributed by atoms with van der Waals surface area (Å²) in [7, 11) is -3.99. The molecule has 0 fully saturated rings. The van der Waals surface area contributed by atoms with Crippen LogP contribution in [0, 0.1) is 0 Å². The fourth-order valence-corrected chi connectivity index (χ4v) is 5.60. The topological polar surface area (TPSA) is 63.2 Å². The van der Waals surface area contributed by atoms with Gasteiger partial charge in [0.25, 0.3) is 10.0 Å². The normalized spacial score (nSPS) is 18.2. The molecule has 4 nitrogen and oxygen atoms in total. The predicted octanol–water partition coefficient (Wildman–Crippen LogP) is 4.92. The standard InChI is InChI=1S/C27H29NO3S/c1-26(2,3)22-13-15-23(16-14-22)32(30,31)28-25(29)27(19-20-9-5-4-6-10-20)18-17-21-11-7-8-12-24(21)27/h4-16H,17-19H2,1-3H3,(H,28,29). The van der Waals surface area contributed by atoms with Gasteiger partial charge >= 0.3 is 0 Å². The third kappa shape index (κ3) is 4.22. The first-order valence-electron chi connectivity index (χ1n) is 10.9. The van der Waals surface area contributed by atoms with E-state index >= 15 is 0 Å². The highest BCUT2D eigenvalue weighted by atomic mass is 32.2. The molecule has 1 aliphatic carbocycles. The van der Waals surface area contributed by atoms with Gasteiger partial charge in [-0.3, -0.25) is 4.79 Å². The van der Waals surface area contributed by atoms with Crippen molar-refractivity contribution < 1.29 is 13.2 Å². The molecule has 0 heterocycles. The minimum absolute atomic E-state index is 0.0845. The van der Waals surface area contributed by atoms with E-state index in [1.807, 2.05) is 66.7 Å². The number of fused-ring (bicyclic) bond motifs is 1. The Morgan fingerprint density at radius 1 is 0.906 bits per heavy atom. The fraction of sp³-hybridized carbons (Fsp3) is 0.296. The van der Waals surface area contributed by atoms with Gasteiger partial charge < -0.3 is 0 Å². The largest absolute Gasteiger partial charge is 0.273 e. The number of hydrogen-bond donors (Lipinski definition) is 1. The number of rotatable bonds is 5. The summed E-state index contributed by atoms with van der Waals surface area (Å²) in [6.07, 6.45) is 1.78. The summed E-state index contributed by atoms with van der Waals surface area (Å²) in [5, 5.41) is 0. The van der Waals surface area contributed by atoms with Crippen LogP contribution in [-0.4, -0.2) is 14.3 Å². The molecule has 1 N–H and O–H groups in total. The third-order valence-electron chi connectivity index (χ3n) is 6.40. The molecule has 0 saturated carbocycles. The van der Waals surface area contributed by atoms with Crippen LogP contribution in [0.25, 0.3) is 0 Å². The summed E-state index contributed by atoms with van der Waals surface area (Å²) in [6.45, 7) is 6.22. The minimum Gasteiger partial charge on any atom is -0.273 e. The van der Waals surface area contributed by atoms with Gasteiger partial charge in [0.05, 0.1) is 10.3 Å². The summed E-state index contributed by atoms with van der Waals surface area (Å²) in [4.78, 5) is 13.8. The Balaban J connectivity index is 1.68. The van der Waals surface area contributed by atoms with Gasteiger partial charge in [0.15, 0.2) is 0 Å². The maximum Gasteiger partial charge on any atom is 0.264 e. The van der Waals surface area contributed by atoms with E-state index in [0.29, 0.717) is 12.8 Å². The van der Waals surface area contributed by atoms with E-state index in [9.17, 15) is 13.2 Å². The average molecular weight is 448 g/mol. The SMILES string of the molecule is CC(C)(C)c1ccc(S(=O)(=O)NC(=O)C2(Cc3ccccc3)CCc3ccccc32)cc1. The Morgan fingerprint density at radius 2 is 1.53 bits per heavy atom. The molecule has 0 saturated heterocycles. The Kier molecular flexibility index (Phi) is 5.72. The quantitative estimate of drug-likeness (QED) is 0.604. The fourth-order valence-electron chi connectivity index (χ4n) is 4.54. The number of carbonyl (C=O) groups is 1. The van der Waals surface area contributed by atoms with Crippen molar-refractivity contribution in [1.29, 1.82) is 0 Å². The number of carbonyl (C=O) groups excluding carboxylic acids is 1. The molecule has 1 amide bonds. The van der Waals surface area contributed by atoms with Crippen LogP contribution < -0.4 is 4.72 Å². The number of benzene rings is 3. The first-order chi connectivity index (χ1) is 15.1. The van der Waals surface area contributed by atoms with Crippen LogP contribution in [0.4, 0.5) is 0 Å². The lowest BCUT2D eigenvalue weighted by molar-refractivity contribution is -0.125. The Morgan fingerprint density at radius 3 is 2.19 bits per heavy atom. The van der Waals surface area contributed by atoms with Crippen LogP contribution in [0.3, 0.4) is 0 Å². The highest BCUT2D eigenvalue weighted by Gasteiger charge is 2.46. The zero-order valence-electron chi connectivity index (χ0n) is 18.8. The zero-order chi connectivity index (χ0) is 23.0. The summed E-state index contributed by atoms with van der Waals surface area (Å²) in [5.41, 5.74) is 3.05. The lowest BCUT2D eigenvalue weighted by Crippen LogP contribution is -2.47. The number of hydrogen-bond acceptors (Lipinski definition) is 3. The van der Waals surface area contributed by atoms with Crippen LogP contribution in [-0.2, 0) is 38.5 Å². The summed E-state index contributed by atoms with van der Waals surface area (Å²) in [6, 6.07) is 24.4. The average Bonchev–Trinajstić information content (AvgIpc) is 3.13. The molecule has 1 aliphatic rings. The van der Waals surface area contributed by atoms with Gasteiger partial charge in [-0.2, -0.15) is 0 Å². The lowest BCUT2D eigenvalue weighted by Gasteiger charge is -2.29. The highest BCUT2D eigenvalue weighted by molar-refractivity contribution is 7.90. The van der Waals surface area contributed by atoms with Gasteiger partial charge in [-0.05, 0) is 59.1 Å². The highest BCUT2D eigenvalue weighted by Crippen LogP contribution is 2.42. The molecule has 5 heteroatoms. The predicted molar refractivity (Wildman–Crippen MR) is 127 cm³/mol. The number of nitrogens with one attached hydrogen (secondary N) is 1. The number of amides is 1. The van der Waals surface area contributed by atoms with E-state index in [2.05, 4.69) is 25.5 Å². The van der Waals surface area contributed by atoms with Crippen molar-refractivity contribution in [3.05, 3.63) is 101 Å². The van der Waals surface area contributed by atoms with Crippen molar-refractivity contribution in [2.75, 3.05) is 0 Å². The summed E-state index contributed by atoms with van der Waals surface area (Å²) >= 11 is 0. The van der Waals surface area contributed by atoms with E-state index in [-0.39, 0.29) is 10.3 Å². The van der Waals surface area contributed by atoms with E-state index in [1.165, 1.54) is 0 Å². The van der Waals surface area contributed by atoms with E-state index in [1.54, 1.807) is 12.1 Å². The molecule has 0 aliphatic heterocycles. The van der Waals surface area contributed by atoms with E-state index in [0.717, 1.165) is 28.7 Å². The van der Waals surface area contributed by atoms with Crippen molar-refractivity contribution in [3.63, 3.8) is 0 Å². The monoisotopic (exact) mass is 447 g/mol. The molecule has 32 heavy (non-hydrogen) atoms. The number of sulfonamides is 1. The molecule has 166 valence electrons. The van der Waals surface area contributed by atoms with Crippen molar-refractivity contribution in [1.82, 2.24) is 4.72 Å². The van der Waals surface area contributed by atoms with E-state index < -0.39 is 21.3 Å². The second kappa shape index (κ2) is 8.21. The molecular formula is C27H29NO3S. The molecule has 0 radical (unpaired) electrons. The van der Waals surface area contributed by atoms with Gasteiger partial charge in [-0.1, -0.05) is 87.5 Å². The van der Waals surface area contributed by atoms with Crippen LogP contribution in [0.2, 0.25) is 0 Å². The second-order valence-electron chi connectivity index (χ2n) is 9.61. The molecule has 1 atom stereocenters. The van der Waals surface area contributed by atoms with Crippen LogP contribution in [0.5, 0.6) is 0 Å². The minimum atomic E-state index is -3.99. The molecule has 0 bridgehead atoms. The molecular weight excluding hydrogens is 418 g/mol. The Bertz CT molecular complexity index is 1230. The van der Waals surface area contributed by atoms with Crippen LogP contribution >= 0.6 is 0 Å². The molecule has 3 aromatic rings. The molecule has 3 aromatic carbocycles. The molecule has 0 spiro atoms. The van der Waals surface area contributed by atoms with Gasteiger partial charge in [0.2, 0.25) is 5.91 Å². The molecule has 4 rings (SSSR count). The number of aryl methyl sites for hydroxylation is 1. The van der Waals surface area contributed by atoms with Gasteiger partial charge in [0.1, 0.15) is 0 Å². The van der Waals surface area contributed by atoms with Crippen LogP contribution in [0.15, 0.2) is 83.8 Å². The first kappa shape index (κ1) is 22.3. The van der Waals surface area contributed by atoms with Gasteiger partial charge in [0, 0.05) is 0 Å². The van der Waals surface area contributed by atoms with E-state index in [4.69, 9.17) is 0 Å². The van der Waals surface area contributed by atoms with Crippen molar-refractivity contribution in [3.8, 4) is 0 Å². The van der Waals surface area contributed by atoms with Gasteiger partial charge in [-0.15, -0.1) is 0 Å². The third-order valence-corrected chi connectivity index (χ3v) is 7.74. The maximum absolute atomic E-state index is 13.7. The van der Waals surface area contributed by atoms with Crippen molar-refractivity contribution in [2.24, 2.45) is 0 Å². The van der Waals surface area contributed by atoms with Crippen molar-refractivity contribution >= 4 is 15.9 Å². The first-order valence-corrected chi connectivity index (χ1v) is 12.4. The summed E-state index contributed by atoms with van der Waals surface area (Å²) < 4.78 is 28.7.